The fourth-order valence-electron chi connectivity index (χ4n) is 2.92. The average Bonchev–Trinajstić information content (AvgIpc) is 2.72. The van der Waals surface area contributed by atoms with E-state index in [2.05, 4.69) is 20.3 Å². The molecule has 1 aromatic heterocycles. The number of carbonyl (C=O) groups is 1. The number of benzene rings is 2. The molecule has 0 aliphatic carbocycles. The van der Waals surface area contributed by atoms with E-state index < -0.39 is 39.5 Å². The van der Waals surface area contributed by atoms with E-state index in [1.807, 2.05) is 0 Å². The maximum Gasteiger partial charge on any atom is 0.255 e. The molecule has 30 heavy (non-hydrogen) atoms. The molecule has 0 spiro atoms. The number of amides is 1. The number of rotatable bonds is 3. The quantitative estimate of drug-likeness (QED) is 0.550. The van der Waals surface area contributed by atoms with Crippen molar-refractivity contribution in [3.8, 4) is 0 Å². The summed E-state index contributed by atoms with van der Waals surface area (Å²) in [5.74, 6) is -5.42. The van der Waals surface area contributed by atoms with Crippen molar-refractivity contribution in [1.82, 2.24) is 9.71 Å². The summed E-state index contributed by atoms with van der Waals surface area (Å²) in [5, 5.41) is 5.19. The fourth-order valence-corrected chi connectivity index (χ4v) is 4.24. The summed E-state index contributed by atoms with van der Waals surface area (Å²) in [4.78, 5) is 16.3. The van der Waals surface area contributed by atoms with E-state index in [9.17, 15) is 26.4 Å². The topological polar surface area (TPSA) is 100 Å². The summed E-state index contributed by atoms with van der Waals surface area (Å²) < 4.78 is 67.5. The molecule has 7 nitrogen and oxygen atoms in total. The number of hydrogen-bond acceptors (Lipinski definition) is 5. The molecule has 1 aliphatic heterocycles. The predicted molar refractivity (Wildman–Crippen MR) is 102 cm³/mol. The number of sulfonamides is 1. The molecule has 2 aromatic carbocycles. The second-order valence-corrected chi connectivity index (χ2v) is 8.05. The Morgan fingerprint density at radius 2 is 1.77 bits per heavy atom. The molecule has 0 saturated carbocycles. The van der Waals surface area contributed by atoms with Gasteiger partial charge < -0.3 is 10.6 Å². The van der Waals surface area contributed by atoms with Gasteiger partial charge >= 0.3 is 0 Å². The molecule has 1 unspecified atom stereocenters. The van der Waals surface area contributed by atoms with Crippen LogP contribution in [-0.4, -0.2) is 19.3 Å². The maximum atomic E-state index is 13.3. The summed E-state index contributed by atoms with van der Waals surface area (Å²) >= 11 is 0. The first-order valence-corrected chi connectivity index (χ1v) is 10.0. The second-order valence-electron chi connectivity index (χ2n) is 6.37. The van der Waals surface area contributed by atoms with Gasteiger partial charge in [-0.2, -0.15) is 4.72 Å². The highest BCUT2D eigenvalue weighted by Gasteiger charge is 2.31. The predicted octanol–water partition coefficient (Wildman–Crippen LogP) is 3.15. The van der Waals surface area contributed by atoms with Crippen LogP contribution in [0.5, 0.6) is 0 Å². The van der Waals surface area contributed by atoms with Gasteiger partial charge in [-0.3, -0.25) is 9.78 Å². The lowest BCUT2D eigenvalue weighted by Gasteiger charge is -2.27. The van der Waals surface area contributed by atoms with Crippen LogP contribution in [0.1, 0.15) is 22.2 Å². The smallest absolute Gasteiger partial charge is 0.255 e. The number of hydrogen-bond donors (Lipinski definition) is 3. The van der Waals surface area contributed by atoms with Crippen LogP contribution < -0.4 is 15.4 Å². The Morgan fingerprint density at radius 1 is 1.03 bits per heavy atom. The van der Waals surface area contributed by atoms with Crippen LogP contribution in [0.4, 0.5) is 24.5 Å². The number of nitrogens with zero attached hydrogens (tertiary/aromatic N) is 1. The van der Waals surface area contributed by atoms with Crippen molar-refractivity contribution in [3.05, 3.63) is 83.4 Å². The minimum atomic E-state index is -3.99. The molecular weight excluding hydrogens is 421 g/mol. The molecule has 2 heterocycles. The van der Waals surface area contributed by atoms with Crippen LogP contribution >= 0.6 is 0 Å². The van der Waals surface area contributed by atoms with E-state index in [4.69, 9.17) is 0 Å². The van der Waals surface area contributed by atoms with Crippen molar-refractivity contribution in [1.29, 1.82) is 0 Å². The highest BCUT2D eigenvalue weighted by atomic mass is 32.2. The molecule has 1 amide bonds. The van der Waals surface area contributed by atoms with Crippen molar-refractivity contribution >= 4 is 27.3 Å². The molecule has 1 atom stereocenters. The first kappa shape index (κ1) is 19.9. The van der Waals surface area contributed by atoms with E-state index in [1.54, 1.807) is 18.2 Å². The fraction of sp³-hybridized carbons (Fsp3) is 0.0526. The molecule has 0 fully saturated rings. The summed E-state index contributed by atoms with van der Waals surface area (Å²) in [5.41, 5.74) is 0.305. The number of halogens is 3. The number of carbonyl (C=O) groups excluding carboxylic acids is 1. The molecule has 0 radical (unpaired) electrons. The van der Waals surface area contributed by atoms with Gasteiger partial charge in [-0.05, 0) is 30.3 Å². The number of aromatic nitrogens is 1. The van der Waals surface area contributed by atoms with E-state index in [0.717, 1.165) is 6.07 Å². The number of fused-ring (bicyclic) bond motifs is 1. The zero-order valence-corrected chi connectivity index (χ0v) is 15.8. The lowest BCUT2D eigenvalue weighted by atomic mass is 10.1. The Bertz CT molecular complexity index is 1230. The molecule has 3 N–H and O–H groups in total. The summed E-state index contributed by atoms with van der Waals surface area (Å²) in [6, 6.07) is 10.1. The van der Waals surface area contributed by atoms with E-state index in [1.165, 1.54) is 18.3 Å². The van der Waals surface area contributed by atoms with Crippen LogP contribution in [0.3, 0.4) is 0 Å². The van der Waals surface area contributed by atoms with Crippen LogP contribution in [-0.2, 0) is 10.0 Å². The van der Waals surface area contributed by atoms with Gasteiger partial charge in [0.25, 0.3) is 5.91 Å². The zero-order chi connectivity index (χ0) is 21.5. The Kier molecular flexibility index (Phi) is 4.92. The van der Waals surface area contributed by atoms with Gasteiger partial charge in [0.2, 0.25) is 10.0 Å². The molecule has 11 heteroatoms. The first-order chi connectivity index (χ1) is 14.2. The van der Waals surface area contributed by atoms with Crippen LogP contribution in [0.25, 0.3) is 0 Å². The van der Waals surface area contributed by atoms with Crippen LogP contribution in [0, 0.1) is 17.5 Å². The van der Waals surface area contributed by atoms with Crippen molar-refractivity contribution in [2.24, 2.45) is 0 Å². The Hall–Kier alpha value is -3.44. The zero-order valence-electron chi connectivity index (χ0n) is 15.0. The van der Waals surface area contributed by atoms with Crippen LogP contribution in [0.2, 0.25) is 0 Å². The Balaban J connectivity index is 1.62. The molecule has 0 bridgehead atoms. The van der Waals surface area contributed by atoms with Crippen molar-refractivity contribution < 1.29 is 26.4 Å². The third-order valence-electron chi connectivity index (χ3n) is 4.33. The second kappa shape index (κ2) is 7.43. The van der Waals surface area contributed by atoms with Gasteiger partial charge in [-0.15, -0.1) is 0 Å². The van der Waals surface area contributed by atoms with E-state index >= 15 is 0 Å². The van der Waals surface area contributed by atoms with Crippen LogP contribution in [0.15, 0.2) is 59.6 Å². The van der Waals surface area contributed by atoms with E-state index in [-0.39, 0.29) is 21.8 Å². The lowest BCUT2D eigenvalue weighted by Crippen LogP contribution is -2.38. The lowest BCUT2D eigenvalue weighted by molar-refractivity contribution is 0.102. The van der Waals surface area contributed by atoms with Gasteiger partial charge in [0.1, 0.15) is 11.1 Å². The first-order valence-electron chi connectivity index (χ1n) is 8.54. The van der Waals surface area contributed by atoms with Gasteiger partial charge in [-0.25, -0.2) is 21.6 Å². The van der Waals surface area contributed by atoms with Gasteiger partial charge in [0.05, 0.1) is 11.4 Å². The highest BCUT2D eigenvalue weighted by molar-refractivity contribution is 7.89. The van der Waals surface area contributed by atoms with Crippen molar-refractivity contribution in [2.75, 3.05) is 10.6 Å². The molecule has 0 saturated heterocycles. The molecule has 154 valence electrons. The Morgan fingerprint density at radius 3 is 2.43 bits per heavy atom. The summed E-state index contributed by atoms with van der Waals surface area (Å²) in [6.07, 6.45) is 0.726. The normalized spacial score (nSPS) is 17.0. The van der Waals surface area contributed by atoms with Gasteiger partial charge in [0.15, 0.2) is 17.5 Å². The van der Waals surface area contributed by atoms with Crippen molar-refractivity contribution in [2.45, 2.75) is 11.1 Å². The summed E-state index contributed by atoms with van der Waals surface area (Å²) in [7, 11) is -3.99. The molecular formula is C19H13F3N4O3S. The minimum Gasteiger partial charge on any atom is -0.363 e. The van der Waals surface area contributed by atoms with Gasteiger partial charge in [0, 0.05) is 29.6 Å². The SMILES string of the molecule is O=C(Nc1cc(F)c(F)c(F)c1)c1ccc2c(c1)S(=O)(=O)NC(c1ccccn1)N2. The summed E-state index contributed by atoms with van der Waals surface area (Å²) in [6.45, 7) is 0. The molecule has 1 aliphatic rings. The number of pyridine rings is 1. The maximum absolute atomic E-state index is 13.3. The Labute approximate surface area is 169 Å². The third kappa shape index (κ3) is 3.72. The molecule has 4 rings (SSSR count). The third-order valence-corrected chi connectivity index (χ3v) is 5.79. The van der Waals surface area contributed by atoms with Gasteiger partial charge in [-0.1, -0.05) is 6.07 Å². The monoisotopic (exact) mass is 434 g/mol. The highest BCUT2D eigenvalue weighted by Crippen LogP contribution is 2.31. The standard InChI is InChI=1S/C19H13F3N4O3S/c20-12-8-11(9-13(21)17(12)22)24-19(27)10-4-5-14-16(7-10)30(28,29)26-18(25-14)15-3-1-2-6-23-15/h1-9,18,25-26H,(H,24,27). The minimum absolute atomic E-state index is 0.0812. The molecule has 3 aromatic rings. The van der Waals surface area contributed by atoms with E-state index in [0.29, 0.717) is 17.8 Å². The number of nitrogens with one attached hydrogen (secondary N) is 3. The average molecular weight is 434 g/mol. The number of anilines is 2. The van der Waals surface area contributed by atoms with Crippen molar-refractivity contribution in [3.63, 3.8) is 0 Å². The largest absolute Gasteiger partial charge is 0.363 e.